The molecule has 8 atom stereocenters. The summed E-state index contributed by atoms with van der Waals surface area (Å²) in [4.78, 5) is 12.0. The van der Waals surface area contributed by atoms with Crippen LogP contribution in [0.4, 0.5) is 0 Å². The summed E-state index contributed by atoms with van der Waals surface area (Å²) in [6, 6.07) is 0. The minimum atomic E-state index is -0.196. The van der Waals surface area contributed by atoms with E-state index in [1.165, 1.54) is 63.0 Å². The fourth-order valence-corrected chi connectivity index (χ4v) is 11.0. The van der Waals surface area contributed by atoms with Crippen LogP contribution in [0.25, 0.3) is 0 Å². The molecule has 0 aromatic heterocycles. The third-order valence-corrected chi connectivity index (χ3v) is 13.1. The summed E-state index contributed by atoms with van der Waals surface area (Å²) in [6.07, 6.45) is 13.2. The Hall–Kier alpha value is -0.470. The average molecular weight is 671 g/mol. The average Bonchev–Trinajstić information content (AvgIpc) is 3.27. The maximum absolute atomic E-state index is 12.0. The van der Waals surface area contributed by atoms with E-state index in [9.17, 15) is 20.1 Å². The highest BCUT2D eigenvalue weighted by Crippen LogP contribution is 2.68. The predicted octanol–water partition coefficient (Wildman–Crippen LogP) is 3.13. The first-order valence-corrected chi connectivity index (χ1v) is 17.5. The zero-order valence-corrected chi connectivity index (χ0v) is 29.8. The van der Waals surface area contributed by atoms with E-state index in [0.717, 1.165) is 55.9 Å². The number of quaternary nitrogens is 1. The van der Waals surface area contributed by atoms with Crippen LogP contribution in [-0.4, -0.2) is 77.9 Å². The van der Waals surface area contributed by atoms with Gasteiger partial charge in [0.05, 0.1) is 19.8 Å². The van der Waals surface area contributed by atoms with Crippen LogP contribution in [0, 0.1) is 46.3 Å². The summed E-state index contributed by atoms with van der Waals surface area (Å²) < 4.78 is 6.34. The normalized spacial score (nSPS) is 34.7. The van der Waals surface area contributed by atoms with Crippen molar-refractivity contribution in [3.8, 4) is 0 Å². The van der Waals surface area contributed by atoms with Crippen LogP contribution in [0.2, 0.25) is 0 Å². The molecule has 0 amide bonds. The zero-order chi connectivity index (χ0) is 30.7. The molecule has 250 valence electrons. The van der Waals surface area contributed by atoms with Gasteiger partial charge in [-0.3, -0.25) is 4.79 Å². The first kappa shape index (κ1) is 37.0. The second kappa shape index (κ2) is 15.4. The smallest absolute Gasteiger partial charge is 0.302 e. The lowest BCUT2D eigenvalue weighted by atomic mass is 9.45. The van der Waals surface area contributed by atoms with Gasteiger partial charge in [0.15, 0.2) is 0 Å². The number of rotatable bonds is 14. The van der Waals surface area contributed by atoms with Crippen molar-refractivity contribution in [1.29, 1.82) is 0 Å². The lowest BCUT2D eigenvalue weighted by Gasteiger charge is -2.60. The Bertz CT molecular complexity index is 937. The van der Waals surface area contributed by atoms with Gasteiger partial charge in [0.25, 0.3) is 0 Å². The molecule has 0 unspecified atom stereocenters. The maximum Gasteiger partial charge on any atom is 0.302 e. The lowest BCUT2D eigenvalue weighted by Crippen LogP contribution is -3.00. The Balaban J connectivity index is 0.00000506. The van der Waals surface area contributed by atoms with Crippen LogP contribution >= 0.6 is 0 Å². The molecule has 7 heteroatoms. The number of fused-ring (bicyclic) bond motifs is 5. The van der Waals surface area contributed by atoms with E-state index in [-0.39, 0.29) is 54.3 Å². The number of hydrogen-bond donors (Lipinski definition) is 3. The summed E-state index contributed by atoms with van der Waals surface area (Å²) in [5, 5.41) is 30.2. The van der Waals surface area contributed by atoms with Crippen molar-refractivity contribution < 1.29 is 46.3 Å². The van der Waals surface area contributed by atoms with E-state index in [1.54, 1.807) is 0 Å². The van der Waals surface area contributed by atoms with Crippen molar-refractivity contribution >= 4 is 5.97 Å². The number of carbonyl (C=O) groups is 1. The molecule has 3 saturated carbocycles. The number of nitrogens with zero attached hydrogens (tertiary/aromatic N) is 1. The number of hydrogen-bond acceptors (Lipinski definition) is 5. The Morgan fingerprint density at radius 1 is 0.907 bits per heavy atom. The molecule has 3 fully saturated rings. The van der Waals surface area contributed by atoms with Crippen LogP contribution in [0.15, 0.2) is 11.1 Å². The molecular weight excluding hydrogens is 606 g/mol. The Morgan fingerprint density at radius 3 is 2.14 bits per heavy atom. The van der Waals surface area contributed by atoms with Gasteiger partial charge in [0, 0.05) is 13.3 Å². The second-order valence-corrected chi connectivity index (χ2v) is 15.9. The number of carbonyl (C=O) groups excluding carboxylic acids is 1. The molecule has 6 nitrogen and oxygen atoms in total. The van der Waals surface area contributed by atoms with Gasteiger partial charge in [0.1, 0.15) is 32.3 Å². The minimum Gasteiger partial charge on any atom is -1.00 e. The van der Waals surface area contributed by atoms with Gasteiger partial charge < -0.3 is 41.5 Å². The summed E-state index contributed by atoms with van der Waals surface area (Å²) in [6.45, 7) is 16.4. The predicted molar refractivity (Wildman–Crippen MR) is 169 cm³/mol. The molecule has 4 aliphatic carbocycles. The van der Waals surface area contributed by atoms with E-state index < -0.39 is 0 Å². The third-order valence-electron chi connectivity index (χ3n) is 13.1. The van der Waals surface area contributed by atoms with E-state index in [4.69, 9.17) is 4.74 Å². The number of halogens is 1. The Morgan fingerprint density at radius 2 is 1.56 bits per heavy atom. The van der Waals surface area contributed by atoms with Crippen molar-refractivity contribution in [3.05, 3.63) is 11.1 Å². The SMILES string of the molecule is CC(=O)O[C@H]1CC[C@@]2(C)C(=C(C[N+](CCO)(CCO)CCO)C[C@H]3[C@@H]4CC[C@H]([C@H](C)CCCC(C)C)[C@@]4(C)CC[C@@H]32)C1.[Br-]. The van der Waals surface area contributed by atoms with Gasteiger partial charge in [-0.25, -0.2) is 0 Å². The quantitative estimate of drug-likeness (QED) is 0.150. The maximum atomic E-state index is 12.0. The molecule has 0 radical (unpaired) electrons. The number of aliphatic hydroxyl groups excluding tert-OH is 3. The largest absolute Gasteiger partial charge is 1.00 e. The van der Waals surface area contributed by atoms with Crippen molar-refractivity contribution in [3.63, 3.8) is 0 Å². The molecule has 43 heavy (non-hydrogen) atoms. The monoisotopic (exact) mass is 669 g/mol. The van der Waals surface area contributed by atoms with Gasteiger partial charge in [-0.05, 0) is 96.9 Å². The van der Waals surface area contributed by atoms with Crippen LogP contribution in [0.3, 0.4) is 0 Å². The van der Waals surface area contributed by atoms with E-state index in [1.807, 2.05) is 0 Å². The molecule has 4 rings (SSSR count). The van der Waals surface area contributed by atoms with Crippen LogP contribution < -0.4 is 17.0 Å². The van der Waals surface area contributed by atoms with E-state index in [2.05, 4.69) is 34.6 Å². The lowest BCUT2D eigenvalue weighted by molar-refractivity contribution is -0.924. The molecule has 4 aliphatic rings. The molecule has 0 heterocycles. The van der Waals surface area contributed by atoms with E-state index in [0.29, 0.717) is 41.4 Å². The van der Waals surface area contributed by atoms with Gasteiger partial charge in [-0.1, -0.05) is 59.5 Å². The molecular formula is C36H64BrNO5. The summed E-state index contributed by atoms with van der Waals surface area (Å²) in [5.74, 6) is 4.24. The van der Waals surface area contributed by atoms with Gasteiger partial charge in [-0.15, -0.1) is 0 Å². The summed E-state index contributed by atoms with van der Waals surface area (Å²) >= 11 is 0. The van der Waals surface area contributed by atoms with Crippen molar-refractivity contribution in [2.24, 2.45) is 46.3 Å². The van der Waals surface area contributed by atoms with Crippen LogP contribution in [0.5, 0.6) is 0 Å². The standard InChI is InChI=1S/C36H64NO5.BrH/c1-25(2)8-7-9-26(3)31-10-11-32-30-22-28(24-37(16-19-38,17-20-39)18-21-40)34-23-29(42-27(4)41)12-14-36(34,6)33(30)13-15-35(31,32)5;/h25-26,29-33,38-40H,7-24H2,1-6H3;1H/q+1;/p-1/t26-,29+,30+,31-,32+,33+,35-,36-;/m1./s1. The Kier molecular flexibility index (Phi) is 13.3. The minimum absolute atomic E-state index is 0. The molecule has 0 aliphatic heterocycles. The summed E-state index contributed by atoms with van der Waals surface area (Å²) in [7, 11) is 0. The van der Waals surface area contributed by atoms with Crippen molar-refractivity contribution in [2.45, 2.75) is 118 Å². The molecule has 0 bridgehead atoms. The van der Waals surface area contributed by atoms with Crippen LogP contribution in [0.1, 0.15) is 112 Å². The number of esters is 1. The third kappa shape index (κ3) is 7.75. The highest BCUT2D eigenvalue weighted by molar-refractivity contribution is 5.66. The first-order chi connectivity index (χ1) is 19.9. The highest BCUT2D eigenvalue weighted by atomic mass is 79.9. The fraction of sp³-hybridized carbons (Fsp3) is 0.917. The molecule has 0 aromatic carbocycles. The number of ether oxygens (including phenoxy) is 1. The van der Waals surface area contributed by atoms with Crippen molar-refractivity contribution in [2.75, 3.05) is 46.0 Å². The van der Waals surface area contributed by atoms with Crippen LogP contribution in [-0.2, 0) is 9.53 Å². The van der Waals surface area contributed by atoms with Gasteiger partial charge in [0.2, 0.25) is 0 Å². The second-order valence-electron chi connectivity index (χ2n) is 15.9. The van der Waals surface area contributed by atoms with E-state index >= 15 is 0 Å². The number of aliphatic hydroxyl groups is 3. The summed E-state index contributed by atoms with van der Waals surface area (Å²) in [5.41, 5.74) is 3.48. The van der Waals surface area contributed by atoms with Gasteiger partial charge >= 0.3 is 5.97 Å². The molecule has 0 spiro atoms. The zero-order valence-electron chi connectivity index (χ0n) is 28.3. The first-order valence-electron chi connectivity index (χ1n) is 17.5. The highest BCUT2D eigenvalue weighted by Gasteiger charge is 2.60. The topological polar surface area (TPSA) is 87.0 Å². The molecule has 0 aromatic rings. The fourth-order valence-electron chi connectivity index (χ4n) is 11.0. The molecule has 0 saturated heterocycles. The van der Waals surface area contributed by atoms with Crippen molar-refractivity contribution in [1.82, 2.24) is 0 Å². The molecule has 3 N–H and O–H groups in total. The van der Waals surface area contributed by atoms with Gasteiger partial charge in [-0.2, -0.15) is 0 Å². The Labute approximate surface area is 273 Å².